The van der Waals surface area contributed by atoms with E-state index in [2.05, 4.69) is 10.0 Å². The van der Waals surface area contributed by atoms with Crippen molar-refractivity contribution >= 4 is 15.9 Å². The number of carbonyl (C=O) groups excluding carboxylic acids is 1. The Hall–Kier alpha value is -3.54. The Balaban J connectivity index is 1.60. The number of nitriles is 1. The third-order valence-electron chi connectivity index (χ3n) is 4.67. The first-order valence-corrected chi connectivity index (χ1v) is 10.9. The van der Waals surface area contributed by atoms with Gasteiger partial charge in [-0.2, -0.15) is 5.26 Å². The van der Waals surface area contributed by atoms with E-state index in [0.29, 0.717) is 22.3 Å². The molecule has 0 unspecified atom stereocenters. The third-order valence-corrected chi connectivity index (χ3v) is 6.13. The lowest BCUT2D eigenvalue weighted by atomic mass is 10.1. The summed E-state index contributed by atoms with van der Waals surface area (Å²) >= 11 is 0. The zero-order valence-electron chi connectivity index (χ0n) is 16.7. The van der Waals surface area contributed by atoms with Crippen molar-refractivity contribution in [1.82, 2.24) is 10.0 Å². The number of carbonyl (C=O) groups is 1. The molecule has 0 aliphatic carbocycles. The van der Waals surface area contributed by atoms with Crippen molar-refractivity contribution in [3.8, 4) is 6.07 Å². The standard InChI is InChI=1S/C23H20FN3O3S/c1-16-6-7-18(12-21(16)24)14-26-23(28)19-10-8-17(9-11-19)15-27-31(29,30)22-5-3-2-4-20(22)13-25/h2-12,27H,14-15H2,1H3,(H,26,28). The Bertz CT molecular complexity index is 1250. The minimum absolute atomic E-state index is 0.00659. The van der Waals surface area contributed by atoms with Crippen LogP contribution in [-0.2, 0) is 23.1 Å². The second kappa shape index (κ2) is 9.51. The zero-order chi connectivity index (χ0) is 22.4. The summed E-state index contributed by atoms with van der Waals surface area (Å²) in [6, 6.07) is 19.0. The van der Waals surface area contributed by atoms with E-state index >= 15 is 0 Å². The van der Waals surface area contributed by atoms with Crippen molar-refractivity contribution < 1.29 is 17.6 Å². The summed E-state index contributed by atoms with van der Waals surface area (Å²) in [5.74, 6) is -0.646. The van der Waals surface area contributed by atoms with E-state index < -0.39 is 10.0 Å². The van der Waals surface area contributed by atoms with Gasteiger partial charge in [-0.3, -0.25) is 4.79 Å². The van der Waals surface area contributed by atoms with E-state index in [9.17, 15) is 17.6 Å². The molecule has 0 saturated heterocycles. The first kappa shape index (κ1) is 22.2. The quantitative estimate of drug-likeness (QED) is 0.592. The normalized spacial score (nSPS) is 11.0. The third kappa shape index (κ3) is 5.54. The summed E-state index contributed by atoms with van der Waals surface area (Å²) in [6.07, 6.45) is 0. The number of nitrogens with zero attached hydrogens (tertiary/aromatic N) is 1. The van der Waals surface area contributed by atoms with Gasteiger partial charge in [-0.25, -0.2) is 17.5 Å². The highest BCUT2D eigenvalue weighted by Gasteiger charge is 2.17. The number of rotatable bonds is 7. The van der Waals surface area contributed by atoms with Crippen LogP contribution in [0.15, 0.2) is 71.6 Å². The second-order valence-electron chi connectivity index (χ2n) is 6.90. The molecule has 0 atom stereocenters. The lowest BCUT2D eigenvalue weighted by Gasteiger charge is -2.09. The van der Waals surface area contributed by atoms with Crippen LogP contribution in [0, 0.1) is 24.1 Å². The van der Waals surface area contributed by atoms with Gasteiger partial charge in [-0.15, -0.1) is 0 Å². The Kier molecular flexibility index (Phi) is 6.80. The molecule has 0 aliphatic heterocycles. The average molecular weight is 437 g/mol. The molecular weight excluding hydrogens is 417 g/mol. The molecule has 8 heteroatoms. The van der Waals surface area contributed by atoms with Crippen LogP contribution < -0.4 is 10.0 Å². The summed E-state index contributed by atoms with van der Waals surface area (Å²) < 4.78 is 41.0. The second-order valence-corrected chi connectivity index (χ2v) is 8.63. The number of sulfonamides is 1. The molecule has 6 nitrogen and oxygen atoms in total. The van der Waals surface area contributed by atoms with Gasteiger partial charge < -0.3 is 5.32 Å². The van der Waals surface area contributed by atoms with Crippen LogP contribution in [0.25, 0.3) is 0 Å². The van der Waals surface area contributed by atoms with Crippen LogP contribution in [0.3, 0.4) is 0 Å². The summed E-state index contributed by atoms with van der Waals surface area (Å²) in [4.78, 5) is 12.2. The van der Waals surface area contributed by atoms with E-state index in [1.54, 1.807) is 55.5 Å². The number of nitrogens with one attached hydrogen (secondary N) is 2. The molecule has 3 aromatic carbocycles. The van der Waals surface area contributed by atoms with Crippen LogP contribution in [0.1, 0.15) is 32.6 Å². The lowest BCUT2D eigenvalue weighted by molar-refractivity contribution is 0.0951. The predicted molar refractivity (Wildman–Crippen MR) is 114 cm³/mol. The monoisotopic (exact) mass is 437 g/mol. The smallest absolute Gasteiger partial charge is 0.251 e. The molecule has 2 N–H and O–H groups in total. The van der Waals surface area contributed by atoms with Gasteiger partial charge in [-0.05, 0) is 53.9 Å². The highest BCUT2D eigenvalue weighted by molar-refractivity contribution is 7.89. The Morgan fingerprint density at radius 3 is 2.35 bits per heavy atom. The molecule has 3 aromatic rings. The molecule has 0 radical (unpaired) electrons. The molecule has 31 heavy (non-hydrogen) atoms. The van der Waals surface area contributed by atoms with Crippen molar-refractivity contribution in [3.63, 3.8) is 0 Å². The van der Waals surface area contributed by atoms with Crippen LogP contribution in [0.2, 0.25) is 0 Å². The van der Waals surface area contributed by atoms with Crippen molar-refractivity contribution in [2.24, 2.45) is 0 Å². The van der Waals surface area contributed by atoms with Crippen LogP contribution in [0.4, 0.5) is 4.39 Å². The van der Waals surface area contributed by atoms with Crippen molar-refractivity contribution in [2.75, 3.05) is 0 Å². The molecule has 0 aliphatic rings. The Labute approximate surface area is 180 Å². The first-order chi connectivity index (χ1) is 14.8. The van der Waals surface area contributed by atoms with Gasteiger partial charge >= 0.3 is 0 Å². The van der Waals surface area contributed by atoms with E-state index in [1.807, 2.05) is 6.07 Å². The Morgan fingerprint density at radius 2 is 1.68 bits per heavy atom. The first-order valence-electron chi connectivity index (χ1n) is 9.41. The molecule has 0 saturated carbocycles. The van der Waals surface area contributed by atoms with Crippen molar-refractivity contribution in [3.05, 3.63) is 100 Å². The van der Waals surface area contributed by atoms with Gasteiger partial charge in [0, 0.05) is 18.7 Å². The van der Waals surface area contributed by atoms with Crippen molar-refractivity contribution in [2.45, 2.75) is 24.9 Å². The molecule has 3 rings (SSSR count). The van der Waals surface area contributed by atoms with Gasteiger partial charge in [0.15, 0.2) is 0 Å². The highest BCUT2D eigenvalue weighted by Crippen LogP contribution is 2.15. The number of hydrogen-bond donors (Lipinski definition) is 2. The fraction of sp³-hybridized carbons (Fsp3) is 0.130. The average Bonchev–Trinajstić information content (AvgIpc) is 2.78. The maximum absolute atomic E-state index is 13.6. The molecular formula is C23H20FN3O3S. The molecule has 158 valence electrons. The number of aryl methyl sites for hydroxylation is 1. The number of benzene rings is 3. The topological polar surface area (TPSA) is 99.1 Å². The van der Waals surface area contributed by atoms with Crippen LogP contribution in [-0.4, -0.2) is 14.3 Å². The Morgan fingerprint density at radius 1 is 1.00 bits per heavy atom. The number of hydrogen-bond acceptors (Lipinski definition) is 4. The van der Waals surface area contributed by atoms with Crippen LogP contribution in [0.5, 0.6) is 0 Å². The highest BCUT2D eigenvalue weighted by atomic mass is 32.2. The largest absolute Gasteiger partial charge is 0.348 e. The van der Waals surface area contributed by atoms with E-state index in [0.717, 1.165) is 0 Å². The van der Waals surface area contributed by atoms with E-state index in [4.69, 9.17) is 5.26 Å². The molecule has 0 heterocycles. The molecule has 0 bridgehead atoms. The summed E-state index contributed by atoms with van der Waals surface area (Å²) in [6.45, 7) is 1.87. The van der Waals surface area contributed by atoms with Gasteiger partial charge in [0.1, 0.15) is 11.9 Å². The van der Waals surface area contributed by atoms with Gasteiger partial charge in [0.25, 0.3) is 5.91 Å². The maximum Gasteiger partial charge on any atom is 0.251 e. The lowest BCUT2D eigenvalue weighted by Crippen LogP contribution is -2.24. The van der Waals surface area contributed by atoms with Crippen LogP contribution >= 0.6 is 0 Å². The molecule has 0 fully saturated rings. The van der Waals surface area contributed by atoms with Crippen molar-refractivity contribution in [1.29, 1.82) is 5.26 Å². The zero-order valence-corrected chi connectivity index (χ0v) is 17.5. The summed E-state index contributed by atoms with van der Waals surface area (Å²) in [5.41, 5.74) is 2.30. The molecule has 0 aromatic heterocycles. The van der Waals surface area contributed by atoms with Gasteiger partial charge in [0.2, 0.25) is 10.0 Å². The maximum atomic E-state index is 13.6. The molecule has 0 spiro atoms. The summed E-state index contributed by atoms with van der Waals surface area (Å²) in [7, 11) is -3.86. The van der Waals surface area contributed by atoms with E-state index in [-0.39, 0.29) is 35.3 Å². The van der Waals surface area contributed by atoms with E-state index in [1.165, 1.54) is 18.2 Å². The minimum atomic E-state index is -3.86. The summed E-state index contributed by atoms with van der Waals surface area (Å²) in [5, 5.41) is 11.8. The fourth-order valence-electron chi connectivity index (χ4n) is 2.85. The number of amides is 1. The SMILES string of the molecule is Cc1ccc(CNC(=O)c2ccc(CNS(=O)(=O)c3ccccc3C#N)cc2)cc1F. The fourth-order valence-corrected chi connectivity index (χ4v) is 4.03. The molecule has 1 amide bonds. The van der Waals surface area contributed by atoms with Gasteiger partial charge in [0.05, 0.1) is 10.5 Å². The van der Waals surface area contributed by atoms with Gasteiger partial charge in [-0.1, -0.05) is 36.4 Å². The minimum Gasteiger partial charge on any atom is -0.348 e. The predicted octanol–water partition coefficient (Wildman–Crippen LogP) is 3.41. The number of halogens is 1.